The Morgan fingerprint density at radius 3 is 3.22 bits per heavy atom. The number of hydrogen-bond acceptors (Lipinski definition) is 4. The number of nitrogens with zero attached hydrogens (tertiary/aromatic N) is 2. The van der Waals surface area contributed by atoms with Crippen molar-refractivity contribution in [3.63, 3.8) is 0 Å². The molecule has 0 unspecified atom stereocenters. The number of hydrogen-bond donors (Lipinski definition) is 1. The van der Waals surface area contributed by atoms with E-state index in [1.807, 2.05) is 25.1 Å². The van der Waals surface area contributed by atoms with Gasteiger partial charge in [0, 0.05) is 18.2 Å². The number of urea groups is 1. The molecule has 0 bridgehead atoms. The highest BCUT2D eigenvalue weighted by Gasteiger charge is 2.47. The molecule has 6 heteroatoms. The van der Waals surface area contributed by atoms with Crippen LogP contribution in [0.5, 0.6) is 0 Å². The standard InChI is InChI=1S/C17H25N3O3/c1-13-4-2-6-15(19-13)11-22-10-14-5-3-7-17(14)12-20(16(18)21)8-9-23-17/h2,4,6,14H,3,5,7-12H2,1H3,(H2,18,21)/t14-,17+/m0/s1. The molecule has 2 atom stereocenters. The van der Waals surface area contributed by atoms with Gasteiger partial charge >= 0.3 is 6.03 Å². The van der Waals surface area contributed by atoms with Crippen molar-refractivity contribution in [2.24, 2.45) is 11.7 Å². The number of pyridine rings is 1. The first-order valence-electron chi connectivity index (χ1n) is 8.28. The Balaban J connectivity index is 1.57. The van der Waals surface area contributed by atoms with Crippen LogP contribution in [0.2, 0.25) is 0 Å². The average Bonchev–Trinajstić information content (AvgIpc) is 2.89. The Morgan fingerprint density at radius 1 is 1.57 bits per heavy atom. The Kier molecular flexibility index (Phi) is 4.82. The lowest BCUT2D eigenvalue weighted by Gasteiger charge is -2.43. The van der Waals surface area contributed by atoms with Gasteiger partial charge in [-0.05, 0) is 31.9 Å². The molecule has 1 saturated carbocycles. The Labute approximate surface area is 137 Å². The zero-order valence-corrected chi connectivity index (χ0v) is 13.7. The number of ether oxygens (including phenoxy) is 2. The SMILES string of the molecule is Cc1cccc(COC[C@@H]2CCC[C@@]23CN(C(N)=O)CCO3)n1. The second kappa shape index (κ2) is 6.84. The molecule has 2 heterocycles. The summed E-state index contributed by atoms with van der Waals surface area (Å²) in [7, 11) is 0. The molecule has 1 aromatic rings. The minimum Gasteiger partial charge on any atom is -0.375 e. The molecule has 2 N–H and O–H groups in total. The van der Waals surface area contributed by atoms with Gasteiger partial charge in [0.15, 0.2) is 0 Å². The summed E-state index contributed by atoms with van der Waals surface area (Å²) in [4.78, 5) is 17.6. The van der Waals surface area contributed by atoms with E-state index in [4.69, 9.17) is 15.2 Å². The molecule has 3 rings (SSSR count). The van der Waals surface area contributed by atoms with Crippen LogP contribution in [0.4, 0.5) is 4.79 Å². The van der Waals surface area contributed by atoms with Crippen molar-refractivity contribution in [1.29, 1.82) is 0 Å². The number of morpholine rings is 1. The topological polar surface area (TPSA) is 77.7 Å². The number of aromatic nitrogens is 1. The van der Waals surface area contributed by atoms with Gasteiger partial charge < -0.3 is 20.1 Å². The van der Waals surface area contributed by atoms with Crippen LogP contribution >= 0.6 is 0 Å². The fourth-order valence-corrected chi connectivity index (χ4v) is 3.73. The van der Waals surface area contributed by atoms with Crippen LogP contribution in [0.3, 0.4) is 0 Å². The maximum absolute atomic E-state index is 11.5. The van der Waals surface area contributed by atoms with Gasteiger partial charge in [0.05, 0.1) is 37.7 Å². The predicted octanol–water partition coefficient (Wildman–Crippen LogP) is 1.86. The zero-order chi connectivity index (χ0) is 16.3. The molecule has 1 aliphatic heterocycles. The first-order chi connectivity index (χ1) is 11.1. The van der Waals surface area contributed by atoms with Gasteiger partial charge in [0.25, 0.3) is 0 Å². The normalized spacial score (nSPS) is 27.5. The van der Waals surface area contributed by atoms with E-state index in [-0.39, 0.29) is 11.6 Å². The van der Waals surface area contributed by atoms with Crippen molar-refractivity contribution in [3.05, 3.63) is 29.6 Å². The number of rotatable bonds is 4. The van der Waals surface area contributed by atoms with Gasteiger partial charge in [0.1, 0.15) is 0 Å². The number of amides is 2. The lowest BCUT2D eigenvalue weighted by Crippen LogP contribution is -2.57. The largest absolute Gasteiger partial charge is 0.375 e. The van der Waals surface area contributed by atoms with Gasteiger partial charge in [-0.15, -0.1) is 0 Å². The number of carbonyl (C=O) groups is 1. The summed E-state index contributed by atoms with van der Waals surface area (Å²) in [5.41, 5.74) is 7.10. The maximum Gasteiger partial charge on any atom is 0.314 e. The van der Waals surface area contributed by atoms with Crippen LogP contribution in [0.15, 0.2) is 18.2 Å². The molecule has 23 heavy (non-hydrogen) atoms. The summed E-state index contributed by atoms with van der Waals surface area (Å²) < 4.78 is 12.0. The third kappa shape index (κ3) is 3.64. The summed E-state index contributed by atoms with van der Waals surface area (Å²) in [6, 6.07) is 5.59. The number of aryl methyl sites for hydroxylation is 1. The maximum atomic E-state index is 11.5. The summed E-state index contributed by atoms with van der Waals surface area (Å²) in [5.74, 6) is 0.300. The summed E-state index contributed by atoms with van der Waals surface area (Å²) >= 11 is 0. The van der Waals surface area contributed by atoms with Gasteiger partial charge in [0.2, 0.25) is 0 Å². The molecule has 2 amide bonds. The third-order valence-corrected chi connectivity index (χ3v) is 4.93. The molecular weight excluding hydrogens is 294 g/mol. The van der Waals surface area contributed by atoms with E-state index in [1.54, 1.807) is 4.90 Å². The van der Waals surface area contributed by atoms with E-state index < -0.39 is 0 Å². The highest BCUT2D eigenvalue weighted by Crippen LogP contribution is 2.41. The lowest BCUT2D eigenvalue weighted by atomic mass is 9.89. The second-order valence-corrected chi connectivity index (χ2v) is 6.55. The van der Waals surface area contributed by atoms with Crippen molar-refractivity contribution in [2.45, 2.75) is 38.4 Å². The van der Waals surface area contributed by atoms with Gasteiger partial charge in [-0.1, -0.05) is 12.5 Å². The average molecular weight is 319 g/mol. The number of primary amides is 1. The minimum absolute atomic E-state index is 0.284. The molecule has 0 radical (unpaired) electrons. The van der Waals surface area contributed by atoms with Crippen LogP contribution < -0.4 is 5.73 Å². The van der Waals surface area contributed by atoms with E-state index in [1.165, 1.54) is 0 Å². The van der Waals surface area contributed by atoms with Crippen molar-refractivity contribution in [1.82, 2.24) is 9.88 Å². The molecule has 0 aromatic carbocycles. The van der Waals surface area contributed by atoms with Gasteiger partial charge in [-0.2, -0.15) is 0 Å². The van der Waals surface area contributed by atoms with Crippen LogP contribution in [-0.4, -0.2) is 47.8 Å². The lowest BCUT2D eigenvalue weighted by molar-refractivity contribution is -0.132. The second-order valence-electron chi connectivity index (χ2n) is 6.55. The van der Waals surface area contributed by atoms with Crippen molar-refractivity contribution in [2.75, 3.05) is 26.3 Å². The van der Waals surface area contributed by atoms with Gasteiger partial charge in [-0.3, -0.25) is 4.98 Å². The molecule has 6 nitrogen and oxygen atoms in total. The molecule has 126 valence electrons. The molecule has 1 spiro atoms. The Bertz CT molecular complexity index is 566. The molecule has 2 aliphatic rings. The van der Waals surface area contributed by atoms with Crippen LogP contribution in [-0.2, 0) is 16.1 Å². The molecule has 1 aliphatic carbocycles. The third-order valence-electron chi connectivity index (χ3n) is 4.93. The molecular formula is C17H25N3O3. The fourth-order valence-electron chi connectivity index (χ4n) is 3.73. The van der Waals surface area contributed by atoms with Crippen LogP contribution in [0.1, 0.15) is 30.7 Å². The first kappa shape index (κ1) is 16.2. The Morgan fingerprint density at radius 2 is 2.43 bits per heavy atom. The Hall–Kier alpha value is -1.66. The van der Waals surface area contributed by atoms with E-state index in [0.29, 0.717) is 38.8 Å². The molecule has 2 fully saturated rings. The van der Waals surface area contributed by atoms with Gasteiger partial charge in [-0.25, -0.2) is 4.79 Å². The zero-order valence-electron chi connectivity index (χ0n) is 13.7. The van der Waals surface area contributed by atoms with E-state index >= 15 is 0 Å². The predicted molar refractivity (Wildman–Crippen MR) is 85.8 cm³/mol. The van der Waals surface area contributed by atoms with E-state index in [9.17, 15) is 4.79 Å². The number of nitrogens with two attached hydrogens (primary N) is 1. The minimum atomic E-state index is -0.358. The fraction of sp³-hybridized carbons (Fsp3) is 0.647. The van der Waals surface area contributed by atoms with Crippen molar-refractivity contribution in [3.8, 4) is 0 Å². The highest BCUT2D eigenvalue weighted by atomic mass is 16.5. The van der Waals surface area contributed by atoms with E-state index in [2.05, 4.69) is 4.98 Å². The monoisotopic (exact) mass is 319 g/mol. The molecule has 1 aromatic heterocycles. The van der Waals surface area contributed by atoms with Crippen LogP contribution in [0, 0.1) is 12.8 Å². The quantitative estimate of drug-likeness (QED) is 0.919. The summed E-state index contributed by atoms with van der Waals surface area (Å²) in [6.45, 7) is 4.83. The van der Waals surface area contributed by atoms with Crippen molar-refractivity contribution < 1.29 is 14.3 Å². The van der Waals surface area contributed by atoms with Crippen molar-refractivity contribution >= 4 is 6.03 Å². The highest BCUT2D eigenvalue weighted by molar-refractivity contribution is 5.72. The summed E-state index contributed by atoms with van der Waals surface area (Å²) in [5, 5.41) is 0. The summed E-state index contributed by atoms with van der Waals surface area (Å²) in [6.07, 6.45) is 3.13. The number of carbonyl (C=O) groups excluding carboxylic acids is 1. The smallest absolute Gasteiger partial charge is 0.314 e. The first-order valence-corrected chi connectivity index (χ1v) is 8.28. The molecule has 1 saturated heterocycles. The van der Waals surface area contributed by atoms with E-state index in [0.717, 1.165) is 30.7 Å². The van der Waals surface area contributed by atoms with Crippen LogP contribution in [0.25, 0.3) is 0 Å².